The third-order valence-electron chi connectivity index (χ3n) is 4.25. The molecule has 1 heterocycles. The number of hydrogen-bond acceptors (Lipinski definition) is 4. The standard InChI is InChI=1S/C19H16FN3O3/c1-19(14-7-5-13(12-21)6-8-14)17(24)23(18(25)22-19)9-10-26-16-4-2-3-15(20)11-16/h2-8,11H,9-10H2,1H3,(H,22,25)/t19-/m0/s1. The molecule has 1 saturated heterocycles. The molecule has 0 aromatic heterocycles. The van der Waals surface area contributed by atoms with E-state index in [4.69, 9.17) is 10.00 Å². The van der Waals surface area contributed by atoms with E-state index in [1.807, 2.05) is 6.07 Å². The predicted molar refractivity (Wildman–Crippen MR) is 90.6 cm³/mol. The molecule has 0 bridgehead atoms. The van der Waals surface area contributed by atoms with E-state index in [0.717, 1.165) is 4.90 Å². The van der Waals surface area contributed by atoms with Gasteiger partial charge in [0.15, 0.2) is 0 Å². The van der Waals surface area contributed by atoms with E-state index in [9.17, 15) is 14.0 Å². The maximum atomic E-state index is 13.1. The summed E-state index contributed by atoms with van der Waals surface area (Å²) in [6, 6.07) is 13.6. The molecule has 0 radical (unpaired) electrons. The Balaban J connectivity index is 1.69. The van der Waals surface area contributed by atoms with Crippen molar-refractivity contribution in [3.63, 3.8) is 0 Å². The number of carbonyl (C=O) groups is 2. The molecule has 1 atom stereocenters. The number of carbonyl (C=O) groups excluding carboxylic acids is 2. The Labute approximate surface area is 149 Å². The van der Waals surface area contributed by atoms with Crippen molar-refractivity contribution in [2.24, 2.45) is 0 Å². The molecular weight excluding hydrogens is 337 g/mol. The molecule has 0 aliphatic carbocycles. The second-order valence-electron chi connectivity index (χ2n) is 6.01. The maximum Gasteiger partial charge on any atom is 0.325 e. The lowest BCUT2D eigenvalue weighted by atomic mass is 9.91. The van der Waals surface area contributed by atoms with Crippen LogP contribution in [0.15, 0.2) is 48.5 Å². The van der Waals surface area contributed by atoms with E-state index < -0.39 is 23.3 Å². The van der Waals surface area contributed by atoms with Gasteiger partial charge in [-0.3, -0.25) is 9.69 Å². The average molecular weight is 353 g/mol. The number of ether oxygens (including phenoxy) is 1. The molecule has 0 spiro atoms. The largest absolute Gasteiger partial charge is 0.492 e. The first-order valence-electron chi connectivity index (χ1n) is 7.97. The molecule has 26 heavy (non-hydrogen) atoms. The van der Waals surface area contributed by atoms with Crippen molar-refractivity contribution in [3.8, 4) is 11.8 Å². The van der Waals surface area contributed by atoms with E-state index in [1.54, 1.807) is 37.3 Å². The third kappa shape index (κ3) is 3.22. The summed E-state index contributed by atoms with van der Waals surface area (Å²) in [7, 11) is 0. The van der Waals surface area contributed by atoms with Gasteiger partial charge >= 0.3 is 6.03 Å². The summed E-state index contributed by atoms with van der Waals surface area (Å²) in [4.78, 5) is 26.0. The number of nitriles is 1. The molecule has 2 aromatic carbocycles. The normalized spacial score (nSPS) is 19.2. The van der Waals surface area contributed by atoms with Crippen molar-refractivity contribution in [3.05, 3.63) is 65.5 Å². The van der Waals surface area contributed by atoms with Gasteiger partial charge in [-0.25, -0.2) is 9.18 Å². The minimum Gasteiger partial charge on any atom is -0.492 e. The summed E-state index contributed by atoms with van der Waals surface area (Å²) in [5, 5.41) is 11.6. The van der Waals surface area contributed by atoms with Gasteiger partial charge < -0.3 is 10.1 Å². The van der Waals surface area contributed by atoms with Crippen LogP contribution in [0.5, 0.6) is 5.75 Å². The second-order valence-corrected chi connectivity index (χ2v) is 6.01. The van der Waals surface area contributed by atoms with Gasteiger partial charge in [-0.15, -0.1) is 0 Å². The van der Waals surface area contributed by atoms with Gasteiger partial charge in [0.05, 0.1) is 18.2 Å². The molecule has 132 valence electrons. The number of halogens is 1. The summed E-state index contributed by atoms with van der Waals surface area (Å²) in [5.74, 6) is -0.507. The minimum absolute atomic E-state index is 0.0348. The average Bonchev–Trinajstić information content (AvgIpc) is 2.86. The topological polar surface area (TPSA) is 82.4 Å². The molecule has 7 heteroatoms. The van der Waals surface area contributed by atoms with Crippen LogP contribution in [-0.4, -0.2) is 30.0 Å². The molecule has 3 amide bonds. The molecule has 1 aliphatic heterocycles. The van der Waals surface area contributed by atoms with E-state index >= 15 is 0 Å². The SMILES string of the molecule is C[C@@]1(c2ccc(C#N)cc2)NC(=O)N(CCOc2cccc(F)c2)C1=O. The zero-order valence-corrected chi connectivity index (χ0v) is 14.0. The van der Waals surface area contributed by atoms with Crippen LogP contribution < -0.4 is 10.1 Å². The summed E-state index contributed by atoms with van der Waals surface area (Å²) >= 11 is 0. The van der Waals surface area contributed by atoms with Crippen LogP contribution in [-0.2, 0) is 10.3 Å². The summed E-state index contributed by atoms with van der Waals surface area (Å²) in [5.41, 5.74) is -0.151. The third-order valence-corrected chi connectivity index (χ3v) is 4.25. The van der Waals surface area contributed by atoms with E-state index in [2.05, 4.69) is 5.32 Å². The van der Waals surface area contributed by atoms with Crippen molar-refractivity contribution in [2.45, 2.75) is 12.5 Å². The van der Waals surface area contributed by atoms with Crippen LogP contribution in [0.1, 0.15) is 18.1 Å². The number of nitrogens with one attached hydrogen (secondary N) is 1. The Hall–Kier alpha value is -3.40. The summed E-state index contributed by atoms with van der Waals surface area (Å²) < 4.78 is 18.5. The molecule has 0 unspecified atom stereocenters. The Bertz CT molecular complexity index is 892. The van der Waals surface area contributed by atoms with E-state index in [-0.39, 0.29) is 13.2 Å². The molecule has 1 fully saturated rings. The summed E-state index contributed by atoms with van der Waals surface area (Å²) in [6.07, 6.45) is 0. The van der Waals surface area contributed by atoms with Crippen molar-refractivity contribution >= 4 is 11.9 Å². The maximum absolute atomic E-state index is 13.1. The first-order chi connectivity index (χ1) is 12.4. The smallest absolute Gasteiger partial charge is 0.325 e. The number of rotatable bonds is 5. The lowest BCUT2D eigenvalue weighted by molar-refractivity contribution is -0.131. The predicted octanol–water partition coefficient (Wildman–Crippen LogP) is 2.54. The highest BCUT2D eigenvalue weighted by Gasteiger charge is 2.48. The van der Waals surface area contributed by atoms with Gasteiger partial charge in [0.2, 0.25) is 0 Å². The van der Waals surface area contributed by atoms with Crippen molar-refractivity contribution < 1.29 is 18.7 Å². The van der Waals surface area contributed by atoms with Crippen LogP contribution in [0.4, 0.5) is 9.18 Å². The zero-order valence-electron chi connectivity index (χ0n) is 14.0. The highest BCUT2D eigenvalue weighted by Crippen LogP contribution is 2.28. The zero-order chi connectivity index (χ0) is 18.7. The van der Waals surface area contributed by atoms with Crippen molar-refractivity contribution in [2.75, 3.05) is 13.2 Å². The monoisotopic (exact) mass is 353 g/mol. The number of urea groups is 1. The molecule has 0 saturated carbocycles. The lowest BCUT2D eigenvalue weighted by Gasteiger charge is -2.22. The van der Waals surface area contributed by atoms with Crippen LogP contribution in [0.2, 0.25) is 0 Å². The van der Waals surface area contributed by atoms with Crippen LogP contribution in [0.3, 0.4) is 0 Å². The van der Waals surface area contributed by atoms with Gasteiger partial charge in [0.1, 0.15) is 23.7 Å². The number of amides is 3. The Morgan fingerprint density at radius 1 is 1.23 bits per heavy atom. The first-order valence-corrected chi connectivity index (χ1v) is 7.97. The van der Waals surface area contributed by atoms with Crippen LogP contribution in [0.25, 0.3) is 0 Å². The summed E-state index contributed by atoms with van der Waals surface area (Å²) in [6.45, 7) is 1.70. The second kappa shape index (κ2) is 6.84. The van der Waals surface area contributed by atoms with E-state index in [0.29, 0.717) is 16.9 Å². The highest BCUT2D eigenvalue weighted by atomic mass is 19.1. The molecule has 1 N–H and O–H groups in total. The first kappa shape index (κ1) is 17.4. The number of hydrogen-bond donors (Lipinski definition) is 1. The molecule has 2 aromatic rings. The van der Waals surface area contributed by atoms with E-state index in [1.165, 1.54) is 18.2 Å². The highest BCUT2D eigenvalue weighted by molar-refractivity contribution is 6.07. The molecule has 6 nitrogen and oxygen atoms in total. The van der Waals surface area contributed by atoms with Gasteiger partial charge in [-0.2, -0.15) is 5.26 Å². The fourth-order valence-electron chi connectivity index (χ4n) is 2.79. The fraction of sp³-hybridized carbons (Fsp3) is 0.211. The number of nitrogens with zero attached hydrogens (tertiary/aromatic N) is 2. The fourth-order valence-corrected chi connectivity index (χ4v) is 2.79. The Morgan fingerprint density at radius 2 is 1.96 bits per heavy atom. The van der Waals surface area contributed by atoms with Gasteiger partial charge in [0, 0.05) is 6.07 Å². The van der Waals surface area contributed by atoms with Crippen molar-refractivity contribution in [1.29, 1.82) is 5.26 Å². The molecular formula is C19H16FN3O3. The van der Waals surface area contributed by atoms with Gasteiger partial charge in [-0.1, -0.05) is 18.2 Å². The molecule has 3 rings (SSSR count). The number of imide groups is 1. The van der Waals surface area contributed by atoms with Crippen LogP contribution in [0, 0.1) is 17.1 Å². The van der Waals surface area contributed by atoms with Crippen molar-refractivity contribution in [1.82, 2.24) is 10.2 Å². The van der Waals surface area contributed by atoms with Gasteiger partial charge in [0.25, 0.3) is 5.91 Å². The Kier molecular flexibility index (Phi) is 4.59. The minimum atomic E-state index is -1.20. The number of benzene rings is 2. The molecule has 1 aliphatic rings. The van der Waals surface area contributed by atoms with Gasteiger partial charge in [-0.05, 0) is 36.8 Å². The lowest BCUT2D eigenvalue weighted by Crippen LogP contribution is -2.41. The quantitative estimate of drug-likeness (QED) is 0.838. The van der Waals surface area contributed by atoms with Crippen LogP contribution >= 0.6 is 0 Å². The Morgan fingerprint density at radius 3 is 2.62 bits per heavy atom.